The summed E-state index contributed by atoms with van der Waals surface area (Å²) in [5, 5.41) is 2.50. The Balaban J connectivity index is 1.54. The summed E-state index contributed by atoms with van der Waals surface area (Å²) in [5.41, 5.74) is -0.802. The van der Waals surface area contributed by atoms with Gasteiger partial charge in [-0.1, -0.05) is 6.07 Å². The topological polar surface area (TPSA) is 120 Å². The summed E-state index contributed by atoms with van der Waals surface area (Å²) in [6.45, 7) is 0.429. The second-order valence-corrected chi connectivity index (χ2v) is 8.31. The standard InChI is InChI=1S/C19H17F3N2O7S/c1-11(18(26)24-13-5-6-15-16(8-13)30-10-29-15)31-17(25)9-23-32(27,28)14-4-2-3-12(7-14)19(20,21)22/h2-8,11,23H,9-10H2,1H3,(H,24,26). The molecule has 13 heteroatoms. The Hall–Kier alpha value is -3.32. The molecule has 2 aromatic rings. The van der Waals surface area contributed by atoms with E-state index in [1.165, 1.54) is 13.0 Å². The fourth-order valence-corrected chi connectivity index (χ4v) is 3.60. The fraction of sp³-hybridized carbons (Fsp3) is 0.263. The molecule has 1 aliphatic heterocycles. The van der Waals surface area contributed by atoms with Crippen molar-refractivity contribution in [3.63, 3.8) is 0 Å². The fourth-order valence-electron chi connectivity index (χ4n) is 2.59. The number of nitrogens with one attached hydrogen (secondary N) is 2. The second-order valence-electron chi connectivity index (χ2n) is 6.54. The molecule has 1 aliphatic rings. The largest absolute Gasteiger partial charge is 0.454 e. The monoisotopic (exact) mass is 474 g/mol. The van der Waals surface area contributed by atoms with Crippen LogP contribution in [0.2, 0.25) is 0 Å². The minimum Gasteiger partial charge on any atom is -0.454 e. The molecule has 1 amide bonds. The van der Waals surface area contributed by atoms with Crippen LogP contribution in [0.25, 0.3) is 0 Å². The second kappa shape index (κ2) is 9.04. The van der Waals surface area contributed by atoms with Gasteiger partial charge < -0.3 is 19.5 Å². The van der Waals surface area contributed by atoms with Crippen LogP contribution in [0, 0.1) is 0 Å². The van der Waals surface area contributed by atoms with E-state index in [0.717, 1.165) is 12.1 Å². The highest BCUT2D eigenvalue weighted by Gasteiger charge is 2.32. The third kappa shape index (κ3) is 5.68. The summed E-state index contributed by atoms with van der Waals surface area (Å²) in [4.78, 5) is 23.4. The van der Waals surface area contributed by atoms with Gasteiger partial charge in [-0.3, -0.25) is 9.59 Å². The first-order valence-electron chi connectivity index (χ1n) is 9.02. The molecular formula is C19H17F3N2O7S. The normalized spacial score (nSPS) is 14.0. The molecule has 0 saturated heterocycles. The van der Waals surface area contributed by atoms with E-state index in [2.05, 4.69) is 5.32 Å². The van der Waals surface area contributed by atoms with Crippen molar-refractivity contribution in [2.75, 3.05) is 18.7 Å². The Morgan fingerprint density at radius 1 is 1.12 bits per heavy atom. The molecule has 0 bridgehead atoms. The van der Waals surface area contributed by atoms with Crippen molar-refractivity contribution in [3.8, 4) is 11.5 Å². The number of amides is 1. The van der Waals surface area contributed by atoms with Gasteiger partial charge in [-0.05, 0) is 37.3 Å². The van der Waals surface area contributed by atoms with Gasteiger partial charge in [0.15, 0.2) is 17.6 Å². The Bertz CT molecular complexity index is 1140. The van der Waals surface area contributed by atoms with E-state index in [4.69, 9.17) is 14.2 Å². The quantitative estimate of drug-likeness (QED) is 0.591. The van der Waals surface area contributed by atoms with E-state index in [1.54, 1.807) is 12.1 Å². The number of esters is 1. The predicted molar refractivity (Wildman–Crippen MR) is 103 cm³/mol. The molecular weight excluding hydrogens is 457 g/mol. The summed E-state index contributed by atoms with van der Waals surface area (Å²) >= 11 is 0. The number of hydrogen-bond donors (Lipinski definition) is 2. The third-order valence-electron chi connectivity index (χ3n) is 4.20. The lowest BCUT2D eigenvalue weighted by Crippen LogP contribution is -2.35. The van der Waals surface area contributed by atoms with Gasteiger partial charge in [0, 0.05) is 11.8 Å². The van der Waals surface area contributed by atoms with Gasteiger partial charge >= 0.3 is 12.1 Å². The maximum atomic E-state index is 12.8. The van der Waals surface area contributed by atoms with Gasteiger partial charge in [0.2, 0.25) is 16.8 Å². The molecule has 32 heavy (non-hydrogen) atoms. The average Bonchev–Trinajstić information content (AvgIpc) is 3.19. The number of sulfonamides is 1. The van der Waals surface area contributed by atoms with Gasteiger partial charge in [0.05, 0.1) is 10.5 Å². The summed E-state index contributed by atoms with van der Waals surface area (Å²) in [6.07, 6.45) is -6.02. The lowest BCUT2D eigenvalue weighted by atomic mass is 10.2. The van der Waals surface area contributed by atoms with Crippen LogP contribution in [0.15, 0.2) is 47.4 Å². The zero-order valence-electron chi connectivity index (χ0n) is 16.4. The first kappa shape index (κ1) is 23.3. The number of alkyl halides is 3. The highest BCUT2D eigenvalue weighted by Crippen LogP contribution is 2.34. The van der Waals surface area contributed by atoms with Gasteiger partial charge in [0.1, 0.15) is 6.54 Å². The van der Waals surface area contributed by atoms with Crippen molar-refractivity contribution in [1.82, 2.24) is 4.72 Å². The van der Waals surface area contributed by atoms with Crippen LogP contribution in [-0.4, -0.2) is 39.7 Å². The predicted octanol–water partition coefficient (Wildman–Crippen LogP) is 2.28. The summed E-state index contributed by atoms with van der Waals surface area (Å²) in [6, 6.07) is 7.67. The molecule has 0 radical (unpaired) electrons. The number of benzene rings is 2. The molecule has 1 unspecified atom stereocenters. The van der Waals surface area contributed by atoms with Crippen LogP contribution in [0.5, 0.6) is 11.5 Å². The number of carbonyl (C=O) groups excluding carboxylic acids is 2. The number of rotatable bonds is 7. The summed E-state index contributed by atoms with van der Waals surface area (Å²) < 4.78 is 79.7. The zero-order chi connectivity index (χ0) is 23.5. The molecule has 0 aromatic heterocycles. The van der Waals surface area contributed by atoms with Crippen molar-refractivity contribution in [1.29, 1.82) is 0 Å². The molecule has 0 spiro atoms. The van der Waals surface area contributed by atoms with Crippen LogP contribution in [0.4, 0.5) is 18.9 Å². The molecule has 2 N–H and O–H groups in total. The minimum atomic E-state index is -4.73. The number of halogens is 3. The van der Waals surface area contributed by atoms with E-state index >= 15 is 0 Å². The zero-order valence-corrected chi connectivity index (χ0v) is 17.2. The maximum Gasteiger partial charge on any atom is 0.416 e. The Kier molecular flexibility index (Phi) is 6.60. The van der Waals surface area contributed by atoms with Crippen LogP contribution in [0.3, 0.4) is 0 Å². The van der Waals surface area contributed by atoms with E-state index in [9.17, 15) is 31.2 Å². The molecule has 0 saturated carbocycles. The van der Waals surface area contributed by atoms with Crippen molar-refractivity contribution in [2.45, 2.75) is 24.1 Å². The van der Waals surface area contributed by atoms with E-state index in [1.807, 2.05) is 4.72 Å². The highest BCUT2D eigenvalue weighted by atomic mass is 32.2. The lowest BCUT2D eigenvalue weighted by Gasteiger charge is -2.14. The van der Waals surface area contributed by atoms with E-state index < -0.39 is 51.2 Å². The van der Waals surface area contributed by atoms with Crippen LogP contribution in [0.1, 0.15) is 12.5 Å². The summed E-state index contributed by atoms with van der Waals surface area (Å²) in [7, 11) is -4.43. The van der Waals surface area contributed by atoms with Gasteiger partial charge in [0.25, 0.3) is 5.91 Å². The summed E-state index contributed by atoms with van der Waals surface area (Å²) in [5.74, 6) is -0.862. The van der Waals surface area contributed by atoms with Gasteiger partial charge in [-0.25, -0.2) is 8.42 Å². The number of anilines is 1. The molecule has 172 valence electrons. The molecule has 1 heterocycles. The SMILES string of the molecule is CC(OC(=O)CNS(=O)(=O)c1cccc(C(F)(F)F)c1)C(=O)Nc1ccc2c(c1)OCO2. The van der Waals surface area contributed by atoms with Gasteiger partial charge in [-0.2, -0.15) is 17.9 Å². The van der Waals surface area contributed by atoms with E-state index in [-0.39, 0.29) is 6.79 Å². The smallest absolute Gasteiger partial charge is 0.416 e. The molecule has 1 atom stereocenters. The van der Waals surface area contributed by atoms with E-state index in [0.29, 0.717) is 29.3 Å². The molecule has 0 aliphatic carbocycles. The lowest BCUT2D eigenvalue weighted by molar-refractivity contribution is -0.151. The first-order valence-corrected chi connectivity index (χ1v) is 10.5. The number of hydrogen-bond acceptors (Lipinski definition) is 7. The molecule has 2 aromatic carbocycles. The van der Waals surface area contributed by atoms with Gasteiger partial charge in [-0.15, -0.1) is 0 Å². The molecule has 0 fully saturated rings. The number of fused-ring (bicyclic) bond motifs is 1. The first-order chi connectivity index (χ1) is 15.0. The van der Waals surface area contributed by atoms with Crippen molar-refractivity contribution >= 4 is 27.6 Å². The van der Waals surface area contributed by atoms with Crippen LogP contribution in [-0.2, 0) is 30.5 Å². The Morgan fingerprint density at radius 2 is 1.84 bits per heavy atom. The molecule has 9 nitrogen and oxygen atoms in total. The number of carbonyl (C=O) groups is 2. The Labute approximate surface area is 180 Å². The third-order valence-corrected chi connectivity index (χ3v) is 5.59. The average molecular weight is 474 g/mol. The van der Waals surface area contributed by atoms with Crippen LogP contribution >= 0.6 is 0 Å². The maximum absolute atomic E-state index is 12.8. The molecule has 3 rings (SSSR count). The van der Waals surface area contributed by atoms with Crippen molar-refractivity contribution < 1.29 is 45.4 Å². The van der Waals surface area contributed by atoms with Crippen molar-refractivity contribution in [2.24, 2.45) is 0 Å². The Morgan fingerprint density at radius 3 is 2.56 bits per heavy atom. The van der Waals surface area contributed by atoms with Crippen LogP contribution < -0.4 is 19.5 Å². The highest BCUT2D eigenvalue weighted by molar-refractivity contribution is 7.89. The van der Waals surface area contributed by atoms with Crippen molar-refractivity contribution in [3.05, 3.63) is 48.0 Å². The number of ether oxygens (including phenoxy) is 3. The minimum absolute atomic E-state index is 0.0527.